The van der Waals surface area contributed by atoms with Crippen LogP contribution in [0.2, 0.25) is 0 Å². The van der Waals surface area contributed by atoms with Crippen LogP contribution >= 0.6 is 0 Å². The molecule has 0 spiro atoms. The van der Waals surface area contributed by atoms with Gasteiger partial charge < -0.3 is 20.8 Å². The number of aromatic carboxylic acids is 2. The maximum absolute atomic E-state index is 13.2. The molecule has 0 aliphatic heterocycles. The van der Waals surface area contributed by atoms with E-state index in [1.54, 1.807) is 6.07 Å². The lowest BCUT2D eigenvalue weighted by Gasteiger charge is -2.18. The summed E-state index contributed by atoms with van der Waals surface area (Å²) in [5.74, 6) is -2.47. The molecule has 3 aromatic rings. The lowest BCUT2D eigenvalue weighted by atomic mass is 10.1. The number of nitrogens with one attached hydrogen (secondary N) is 2. The smallest absolute Gasteiger partial charge is 0.416 e. The number of alkyl halides is 3. The molecule has 0 atom stereocenters. The van der Waals surface area contributed by atoms with Crippen LogP contribution < -0.4 is 10.6 Å². The molecule has 0 unspecified atom stereocenters. The van der Waals surface area contributed by atoms with Gasteiger partial charge in [-0.05, 0) is 42.5 Å². The molecule has 0 radical (unpaired) electrons. The van der Waals surface area contributed by atoms with Gasteiger partial charge in [0.2, 0.25) is 0 Å². The molecule has 0 saturated carbocycles. The molecular weight excluding hydrogens is 401 g/mol. The fraction of sp³-hybridized carbons (Fsp3) is 0.0476. The van der Waals surface area contributed by atoms with E-state index in [9.17, 15) is 33.0 Å². The first-order valence-corrected chi connectivity index (χ1v) is 8.57. The summed E-state index contributed by atoms with van der Waals surface area (Å²) in [6.07, 6.45) is -4.62. The van der Waals surface area contributed by atoms with E-state index in [4.69, 9.17) is 0 Å². The number of para-hydroxylation sites is 2. The van der Waals surface area contributed by atoms with Gasteiger partial charge in [-0.1, -0.05) is 24.3 Å². The van der Waals surface area contributed by atoms with Crippen molar-refractivity contribution in [3.8, 4) is 0 Å². The van der Waals surface area contributed by atoms with Gasteiger partial charge in [0.15, 0.2) is 0 Å². The summed E-state index contributed by atoms with van der Waals surface area (Å²) < 4.78 is 39.7. The minimum Gasteiger partial charge on any atom is -0.478 e. The van der Waals surface area contributed by atoms with Crippen LogP contribution in [0.4, 0.5) is 35.9 Å². The Balaban J connectivity index is 2.09. The minimum absolute atomic E-state index is 0.0706. The molecule has 0 fully saturated rings. The highest BCUT2D eigenvalue weighted by atomic mass is 19.4. The Morgan fingerprint density at radius 1 is 0.667 bits per heavy atom. The SMILES string of the molecule is O=C(O)c1ccccc1Nc1ccc(C(F)(F)F)cc1Nc1ccccc1C(=O)O. The second kappa shape index (κ2) is 8.16. The Morgan fingerprint density at radius 2 is 1.13 bits per heavy atom. The normalized spacial score (nSPS) is 11.0. The molecule has 4 N–H and O–H groups in total. The van der Waals surface area contributed by atoms with Gasteiger partial charge in [-0.15, -0.1) is 0 Å². The molecule has 0 aliphatic carbocycles. The van der Waals surface area contributed by atoms with Crippen molar-refractivity contribution in [1.29, 1.82) is 0 Å². The summed E-state index contributed by atoms with van der Waals surface area (Å²) in [7, 11) is 0. The van der Waals surface area contributed by atoms with Gasteiger partial charge in [-0.25, -0.2) is 9.59 Å². The summed E-state index contributed by atoms with van der Waals surface area (Å²) in [5, 5.41) is 24.2. The van der Waals surface area contributed by atoms with E-state index in [-0.39, 0.29) is 33.9 Å². The van der Waals surface area contributed by atoms with Gasteiger partial charge in [0.25, 0.3) is 0 Å². The van der Waals surface area contributed by atoms with Gasteiger partial charge >= 0.3 is 18.1 Å². The summed E-state index contributed by atoms with van der Waals surface area (Å²) in [6.45, 7) is 0. The number of carboxylic acids is 2. The third-order valence-corrected chi connectivity index (χ3v) is 4.20. The third-order valence-electron chi connectivity index (χ3n) is 4.20. The van der Waals surface area contributed by atoms with E-state index in [0.29, 0.717) is 0 Å². The highest BCUT2D eigenvalue weighted by molar-refractivity contribution is 5.97. The molecular formula is C21H15F3N2O4. The lowest BCUT2D eigenvalue weighted by Crippen LogP contribution is -2.09. The van der Waals surface area contributed by atoms with Crippen LogP contribution in [0.25, 0.3) is 0 Å². The monoisotopic (exact) mass is 416 g/mol. The predicted octanol–water partition coefficient (Wildman–Crippen LogP) is 5.59. The number of halogens is 3. The van der Waals surface area contributed by atoms with E-state index in [1.807, 2.05) is 0 Å². The molecule has 0 amide bonds. The van der Waals surface area contributed by atoms with Crippen LogP contribution in [0.1, 0.15) is 26.3 Å². The van der Waals surface area contributed by atoms with Crippen LogP contribution in [0.3, 0.4) is 0 Å². The number of benzene rings is 3. The van der Waals surface area contributed by atoms with Crippen molar-refractivity contribution in [2.24, 2.45) is 0 Å². The highest BCUT2D eigenvalue weighted by Crippen LogP contribution is 2.37. The summed E-state index contributed by atoms with van der Waals surface area (Å²) in [5.41, 5.74) is -0.843. The maximum atomic E-state index is 13.2. The van der Waals surface area contributed by atoms with Crippen molar-refractivity contribution in [1.82, 2.24) is 0 Å². The predicted molar refractivity (Wildman–Crippen MR) is 105 cm³/mol. The molecule has 3 rings (SSSR count). The van der Waals surface area contributed by atoms with Crippen LogP contribution in [0, 0.1) is 0 Å². The van der Waals surface area contributed by atoms with Crippen LogP contribution in [-0.4, -0.2) is 22.2 Å². The quantitative estimate of drug-likeness (QED) is 0.418. The molecule has 6 nitrogen and oxygen atoms in total. The van der Waals surface area contributed by atoms with Gasteiger partial charge in [0.1, 0.15) is 0 Å². The molecule has 154 valence electrons. The lowest BCUT2D eigenvalue weighted by molar-refractivity contribution is -0.137. The van der Waals surface area contributed by atoms with E-state index in [1.165, 1.54) is 42.5 Å². The molecule has 0 bridgehead atoms. The zero-order valence-electron chi connectivity index (χ0n) is 15.2. The second-order valence-corrected chi connectivity index (χ2v) is 6.21. The Morgan fingerprint density at radius 3 is 1.60 bits per heavy atom. The number of rotatable bonds is 6. The molecule has 9 heteroatoms. The number of anilines is 4. The number of hydrogen-bond donors (Lipinski definition) is 4. The summed E-state index contributed by atoms with van der Waals surface area (Å²) in [4.78, 5) is 22.9. The van der Waals surface area contributed by atoms with Crippen molar-refractivity contribution in [3.05, 3.63) is 83.4 Å². The number of carbonyl (C=O) groups is 2. The van der Waals surface area contributed by atoms with E-state index >= 15 is 0 Å². The summed E-state index contributed by atoms with van der Waals surface area (Å²) in [6, 6.07) is 14.5. The fourth-order valence-corrected chi connectivity index (χ4v) is 2.78. The largest absolute Gasteiger partial charge is 0.478 e. The number of hydrogen-bond acceptors (Lipinski definition) is 4. The molecule has 0 saturated heterocycles. The first kappa shape index (κ1) is 20.7. The van der Waals surface area contributed by atoms with Gasteiger partial charge in [0.05, 0.1) is 39.4 Å². The zero-order valence-corrected chi connectivity index (χ0v) is 15.2. The second-order valence-electron chi connectivity index (χ2n) is 6.21. The van der Waals surface area contributed by atoms with Gasteiger partial charge in [-0.3, -0.25) is 0 Å². The minimum atomic E-state index is -4.62. The molecule has 3 aromatic carbocycles. The Bertz CT molecular complexity index is 1110. The van der Waals surface area contributed by atoms with Crippen LogP contribution in [0.15, 0.2) is 66.7 Å². The van der Waals surface area contributed by atoms with Gasteiger partial charge in [-0.2, -0.15) is 13.2 Å². The maximum Gasteiger partial charge on any atom is 0.416 e. The summed E-state index contributed by atoms with van der Waals surface area (Å²) >= 11 is 0. The molecule has 30 heavy (non-hydrogen) atoms. The topological polar surface area (TPSA) is 98.7 Å². The first-order valence-electron chi connectivity index (χ1n) is 8.57. The van der Waals surface area contributed by atoms with Crippen molar-refractivity contribution < 1.29 is 33.0 Å². The third kappa shape index (κ3) is 4.52. The van der Waals surface area contributed by atoms with Gasteiger partial charge in [0, 0.05) is 0 Å². The first-order chi connectivity index (χ1) is 14.2. The zero-order chi connectivity index (χ0) is 21.9. The van der Waals surface area contributed by atoms with Crippen LogP contribution in [0.5, 0.6) is 0 Å². The Kier molecular flexibility index (Phi) is 5.63. The number of carboxylic acid groups (broad SMARTS) is 2. The Labute approximate surface area is 168 Å². The fourth-order valence-electron chi connectivity index (χ4n) is 2.78. The highest BCUT2D eigenvalue weighted by Gasteiger charge is 2.31. The van der Waals surface area contributed by atoms with Crippen LogP contribution in [-0.2, 0) is 6.18 Å². The van der Waals surface area contributed by atoms with Crippen molar-refractivity contribution in [3.63, 3.8) is 0 Å². The van der Waals surface area contributed by atoms with Crippen molar-refractivity contribution in [2.45, 2.75) is 6.18 Å². The molecule has 0 heterocycles. The average molecular weight is 416 g/mol. The molecule has 0 aromatic heterocycles. The average Bonchev–Trinajstić information content (AvgIpc) is 2.69. The van der Waals surface area contributed by atoms with E-state index in [2.05, 4.69) is 10.6 Å². The van der Waals surface area contributed by atoms with Crippen molar-refractivity contribution in [2.75, 3.05) is 10.6 Å². The Hall–Kier alpha value is -4.01. The molecule has 0 aliphatic rings. The van der Waals surface area contributed by atoms with E-state index < -0.39 is 23.7 Å². The standard InChI is InChI=1S/C21H15F3N2O4/c22-21(23,24)12-9-10-17(25-15-7-3-1-5-13(15)19(27)28)18(11-12)26-16-8-4-2-6-14(16)20(29)30/h1-11,25-26H,(H,27,28)(H,29,30). The van der Waals surface area contributed by atoms with E-state index in [0.717, 1.165) is 18.2 Å². The van der Waals surface area contributed by atoms with Crippen molar-refractivity contribution >= 4 is 34.7 Å².